The number of amides is 3. The molecule has 0 saturated carbocycles. The Morgan fingerprint density at radius 2 is 1.87 bits per heavy atom. The van der Waals surface area contributed by atoms with E-state index >= 15 is 0 Å². The van der Waals surface area contributed by atoms with Gasteiger partial charge in [-0.3, -0.25) is 4.79 Å². The van der Waals surface area contributed by atoms with Gasteiger partial charge in [-0.1, -0.05) is 30.3 Å². The molecule has 1 unspecified atom stereocenters. The lowest BCUT2D eigenvalue weighted by Crippen LogP contribution is -2.33. The van der Waals surface area contributed by atoms with Crippen molar-refractivity contribution < 1.29 is 14.0 Å². The van der Waals surface area contributed by atoms with Crippen molar-refractivity contribution in [3.63, 3.8) is 0 Å². The number of anilines is 1. The number of fused-ring (bicyclic) bond motifs is 1. The summed E-state index contributed by atoms with van der Waals surface area (Å²) in [5.41, 5.74) is 1.27. The third-order valence-electron chi connectivity index (χ3n) is 3.42. The highest BCUT2D eigenvalue weighted by Crippen LogP contribution is 2.26. The summed E-state index contributed by atoms with van der Waals surface area (Å²) in [6.45, 7) is 0.147. The summed E-state index contributed by atoms with van der Waals surface area (Å²) in [6, 6.07) is 11.8. The first-order valence-electron chi connectivity index (χ1n) is 6.98. The zero-order chi connectivity index (χ0) is 16.2. The number of azo groups is 1. The average molecular weight is 312 g/mol. The predicted octanol–water partition coefficient (Wildman–Crippen LogP) is 3.29. The van der Waals surface area contributed by atoms with E-state index in [0.29, 0.717) is 11.1 Å². The molecule has 116 valence electrons. The molecule has 23 heavy (non-hydrogen) atoms. The normalized spacial score (nSPS) is 15.9. The van der Waals surface area contributed by atoms with E-state index in [1.54, 1.807) is 30.3 Å². The quantitative estimate of drug-likeness (QED) is 0.911. The van der Waals surface area contributed by atoms with Gasteiger partial charge in [0, 0.05) is 12.1 Å². The molecule has 0 spiro atoms. The SMILES string of the molecule is O=C(NCC1N=NC(=O)c2ccccc21)Nc1ccccc1F. The van der Waals surface area contributed by atoms with Gasteiger partial charge in [-0.2, -0.15) is 5.11 Å². The van der Waals surface area contributed by atoms with E-state index in [0.717, 1.165) is 0 Å². The van der Waals surface area contributed by atoms with Crippen molar-refractivity contribution in [3.8, 4) is 0 Å². The molecule has 0 bridgehead atoms. The van der Waals surface area contributed by atoms with Crippen LogP contribution in [0.25, 0.3) is 0 Å². The number of carbonyl (C=O) groups is 2. The summed E-state index contributed by atoms with van der Waals surface area (Å²) in [4.78, 5) is 23.5. The maximum absolute atomic E-state index is 13.5. The molecule has 2 aromatic rings. The Morgan fingerprint density at radius 3 is 2.70 bits per heavy atom. The van der Waals surface area contributed by atoms with Crippen LogP contribution in [0.2, 0.25) is 0 Å². The second-order valence-corrected chi connectivity index (χ2v) is 4.94. The molecule has 2 N–H and O–H groups in total. The van der Waals surface area contributed by atoms with Crippen LogP contribution >= 0.6 is 0 Å². The largest absolute Gasteiger partial charge is 0.335 e. The summed E-state index contributed by atoms with van der Waals surface area (Å²) in [5, 5.41) is 12.5. The van der Waals surface area contributed by atoms with Gasteiger partial charge in [-0.25, -0.2) is 9.18 Å². The minimum atomic E-state index is -0.556. The van der Waals surface area contributed by atoms with Crippen LogP contribution in [0, 0.1) is 5.82 Å². The fourth-order valence-electron chi connectivity index (χ4n) is 2.29. The lowest BCUT2D eigenvalue weighted by atomic mass is 9.99. The summed E-state index contributed by atoms with van der Waals surface area (Å²) in [6.07, 6.45) is 0. The zero-order valence-corrected chi connectivity index (χ0v) is 12.0. The highest BCUT2D eigenvalue weighted by Gasteiger charge is 2.23. The summed E-state index contributed by atoms with van der Waals surface area (Å²) in [5.74, 6) is -0.913. The number of carbonyl (C=O) groups excluding carboxylic acids is 2. The van der Waals surface area contributed by atoms with E-state index in [9.17, 15) is 14.0 Å². The molecule has 1 atom stereocenters. The molecule has 1 heterocycles. The van der Waals surface area contributed by atoms with Crippen LogP contribution in [0.4, 0.5) is 14.9 Å². The van der Waals surface area contributed by atoms with E-state index in [1.807, 2.05) is 0 Å². The Kier molecular flexibility index (Phi) is 4.09. The van der Waals surface area contributed by atoms with Gasteiger partial charge >= 0.3 is 6.03 Å². The van der Waals surface area contributed by atoms with Crippen LogP contribution in [0.3, 0.4) is 0 Å². The van der Waals surface area contributed by atoms with Crippen molar-refractivity contribution in [2.45, 2.75) is 6.04 Å². The van der Waals surface area contributed by atoms with Crippen LogP contribution < -0.4 is 10.6 Å². The number of urea groups is 1. The van der Waals surface area contributed by atoms with Crippen molar-refractivity contribution >= 4 is 17.6 Å². The highest BCUT2D eigenvalue weighted by molar-refractivity contribution is 5.97. The van der Waals surface area contributed by atoms with Crippen LogP contribution in [0.1, 0.15) is 22.0 Å². The lowest BCUT2D eigenvalue weighted by Gasteiger charge is -2.18. The number of hydrogen-bond acceptors (Lipinski definition) is 3. The van der Waals surface area contributed by atoms with Crippen molar-refractivity contribution in [1.29, 1.82) is 0 Å². The van der Waals surface area contributed by atoms with Crippen LogP contribution in [0.5, 0.6) is 0 Å². The molecule has 0 fully saturated rings. The molecule has 1 aliphatic heterocycles. The summed E-state index contributed by atoms with van der Waals surface area (Å²) >= 11 is 0. The first-order valence-corrected chi connectivity index (χ1v) is 6.98. The average Bonchev–Trinajstić information content (AvgIpc) is 2.57. The zero-order valence-electron chi connectivity index (χ0n) is 12.0. The third-order valence-corrected chi connectivity index (χ3v) is 3.42. The standard InChI is InChI=1S/C16H13FN4O2/c17-12-7-3-4-8-13(12)19-16(23)18-9-14-10-5-1-2-6-11(10)15(22)21-20-14/h1-8,14H,9H2,(H2,18,19,23). The monoisotopic (exact) mass is 312 g/mol. The molecule has 0 radical (unpaired) electrons. The smallest absolute Gasteiger partial charge is 0.319 e. The van der Waals surface area contributed by atoms with Gasteiger partial charge in [-0.15, -0.1) is 5.11 Å². The van der Waals surface area contributed by atoms with Gasteiger partial charge in [0.2, 0.25) is 0 Å². The number of para-hydroxylation sites is 1. The van der Waals surface area contributed by atoms with Crippen molar-refractivity contribution in [2.75, 3.05) is 11.9 Å². The van der Waals surface area contributed by atoms with Gasteiger partial charge in [0.15, 0.2) is 0 Å². The topological polar surface area (TPSA) is 82.9 Å². The van der Waals surface area contributed by atoms with Gasteiger partial charge in [0.05, 0.1) is 5.69 Å². The maximum Gasteiger partial charge on any atom is 0.319 e. The highest BCUT2D eigenvalue weighted by atomic mass is 19.1. The van der Waals surface area contributed by atoms with Crippen molar-refractivity contribution in [1.82, 2.24) is 5.32 Å². The van der Waals surface area contributed by atoms with E-state index < -0.39 is 23.8 Å². The molecular weight excluding hydrogens is 299 g/mol. The van der Waals surface area contributed by atoms with Gasteiger partial charge < -0.3 is 10.6 Å². The molecule has 6 nitrogen and oxygen atoms in total. The molecule has 0 aromatic heterocycles. The predicted molar refractivity (Wildman–Crippen MR) is 81.8 cm³/mol. The maximum atomic E-state index is 13.5. The van der Waals surface area contributed by atoms with Gasteiger partial charge in [0.25, 0.3) is 5.91 Å². The van der Waals surface area contributed by atoms with Gasteiger partial charge in [0.1, 0.15) is 11.9 Å². The number of nitrogens with one attached hydrogen (secondary N) is 2. The molecule has 3 rings (SSSR count). The third kappa shape index (κ3) is 3.23. The van der Waals surface area contributed by atoms with Crippen molar-refractivity contribution in [2.24, 2.45) is 10.2 Å². The molecule has 1 aliphatic rings. The Balaban J connectivity index is 1.65. The number of hydrogen-bond donors (Lipinski definition) is 2. The number of nitrogens with zero attached hydrogens (tertiary/aromatic N) is 2. The first-order chi connectivity index (χ1) is 11.1. The second-order valence-electron chi connectivity index (χ2n) is 4.94. The molecule has 0 saturated heterocycles. The lowest BCUT2D eigenvalue weighted by molar-refractivity contribution is 0.0985. The fraction of sp³-hybridized carbons (Fsp3) is 0.125. The Labute approximate surface area is 131 Å². The molecular formula is C16H13FN4O2. The molecule has 7 heteroatoms. The second kappa shape index (κ2) is 6.35. The minimum absolute atomic E-state index is 0.0887. The fourth-order valence-corrected chi connectivity index (χ4v) is 2.29. The van der Waals surface area contributed by atoms with E-state index in [2.05, 4.69) is 20.9 Å². The minimum Gasteiger partial charge on any atom is -0.335 e. The summed E-state index contributed by atoms with van der Waals surface area (Å²) in [7, 11) is 0. The van der Waals surface area contributed by atoms with E-state index in [1.165, 1.54) is 18.2 Å². The summed E-state index contributed by atoms with van der Waals surface area (Å²) < 4.78 is 13.5. The first kappa shape index (κ1) is 14.8. The van der Waals surface area contributed by atoms with Crippen LogP contribution in [-0.4, -0.2) is 18.5 Å². The Morgan fingerprint density at radius 1 is 1.13 bits per heavy atom. The molecule has 3 amide bonds. The Hall–Kier alpha value is -3.09. The van der Waals surface area contributed by atoms with Gasteiger partial charge in [-0.05, 0) is 23.8 Å². The number of rotatable bonds is 3. The van der Waals surface area contributed by atoms with Crippen molar-refractivity contribution in [3.05, 3.63) is 65.5 Å². The van der Waals surface area contributed by atoms with Crippen LogP contribution in [0.15, 0.2) is 58.8 Å². The number of benzene rings is 2. The van der Waals surface area contributed by atoms with Crippen LogP contribution in [-0.2, 0) is 0 Å². The molecule has 0 aliphatic carbocycles. The van der Waals surface area contributed by atoms with E-state index in [4.69, 9.17) is 0 Å². The molecule has 2 aromatic carbocycles. The van der Waals surface area contributed by atoms with E-state index in [-0.39, 0.29) is 12.2 Å². The Bertz CT molecular complexity index is 791. The number of halogens is 1.